The maximum Gasteiger partial charge on any atom is 0.416 e. The molecule has 0 radical (unpaired) electrons. The van der Waals surface area contributed by atoms with Gasteiger partial charge in [0, 0.05) is 18.4 Å². The fourth-order valence-electron chi connectivity index (χ4n) is 2.11. The molecule has 1 aromatic rings. The van der Waals surface area contributed by atoms with E-state index in [4.69, 9.17) is 4.74 Å². The van der Waals surface area contributed by atoms with Crippen LogP contribution >= 0.6 is 0 Å². The van der Waals surface area contributed by atoms with Crippen molar-refractivity contribution >= 4 is 0 Å². The standard InChI is InChI=1S/C12H13F3O2/c1-7(16)5-8-6-9-10(12(13,14)15)3-2-4-11(9)17-8/h2-4,7-8,16H,5-6H2,1H3. The highest BCUT2D eigenvalue weighted by atomic mass is 19.4. The average molecular weight is 246 g/mol. The molecule has 17 heavy (non-hydrogen) atoms. The monoisotopic (exact) mass is 246 g/mol. The number of rotatable bonds is 2. The van der Waals surface area contributed by atoms with Crippen LogP contribution in [0.15, 0.2) is 18.2 Å². The van der Waals surface area contributed by atoms with Crippen LogP contribution in [0.2, 0.25) is 0 Å². The van der Waals surface area contributed by atoms with Gasteiger partial charge in [-0.1, -0.05) is 6.07 Å². The van der Waals surface area contributed by atoms with E-state index in [0.717, 1.165) is 6.07 Å². The quantitative estimate of drug-likeness (QED) is 0.869. The third kappa shape index (κ3) is 2.54. The first-order chi connectivity index (χ1) is 7.88. The summed E-state index contributed by atoms with van der Waals surface area (Å²) < 4.78 is 43.6. The Morgan fingerprint density at radius 3 is 2.76 bits per heavy atom. The van der Waals surface area contributed by atoms with Gasteiger partial charge in [0.1, 0.15) is 11.9 Å². The lowest BCUT2D eigenvalue weighted by Crippen LogP contribution is -2.19. The largest absolute Gasteiger partial charge is 0.490 e. The molecule has 5 heteroatoms. The number of aliphatic hydroxyl groups excluding tert-OH is 1. The zero-order chi connectivity index (χ0) is 12.6. The molecule has 0 bridgehead atoms. The van der Waals surface area contributed by atoms with E-state index in [9.17, 15) is 18.3 Å². The normalized spacial score (nSPS) is 20.9. The highest BCUT2D eigenvalue weighted by Crippen LogP contribution is 2.40. The Morgan fingerprint density at radius 1 is 1.47 bits per heavy atom. The molecular formula is C12H13F3O2. The van der Waals surface area contributed by atoms with Gasteiger partial charge in [0.25, 0.3) is 0 Å². The molecule has 0 saturated carbocycles. The Morgan fingerprint density at radius 2 is 2.18 bits per heavy atom. The lowest BCUT2D eigenvalue weighted by molar-refractivity contribution is -0.138. The van der Waals surface area contributed by atoms with Crippen molar-refractivity contribution in [3.8, 4) is 5.75 Å². The van der Waals surface area contributed by atoms with Gasteiger partial charge in [-0.25, -0.2) is 0 Å². The average Bonchev–Trinajstić information content (AvgIpc) is 2.55. The molecule has 1 heterocycles. The number of fused-ring (bicyclic) bond motifs is 1. The van der Waals surface area contributed by atoms with Crippen LogP contribution < -0.4 is 4.74 Å². The van der Waals surface area contributed by atoms with Gasteiger partial charge >= 0.3 is 6.18 Å². The van der Waals surface area contributed by atoms with Crippen LogP contribution in [0.5, 0.6) is 5.75 Å². The maximum atomic E-state index is 12.7. The Labute approximate surface area is 97.0 Å². The van der Waals surface area contributed by atoms with Crippen LogP contribution in [0, 0.1) is 0 Å². The highest BCUT2D eigenvalue weighted by molar-refractivity contribution is 5.45. The molecule has 94 valence electrons. The molecule has 2 atom stereocenters. The number of aliphatic hydroxyl groups is 1. The summed E-state index contributed by atoms with van der Waals surface area (Å²) >= 11 is 0. The molecule has 2 unspecified atom stereocenters. The molecule has 1 aromatic carbocycles. The first kappa shape index (κ1) is 12.2. The van der Waals surface area contributed by atoms with Crippen molar-refractivity contribution in [3.63, 3.8) is 0 Å². The Kier molecular flexibility index (Phi) is 3.03. The van der Waals surface area contributed by atoms with Crippen LogP contribution in [0.25, 0.3) is 0 Å². The second-order valence-electron chi connectivity index (χ2n) is 4.31. The van der Waals surface area contributed by atoms with E-state index in [1.54, 1.807) is 6.92 Å². The van der Waals surface area contributed by atoms with Gasteiger partial charge in [0.05, 0.1) is 11.7 Å². The van der Waals surface area contributed by atoms with Gasteiger partial charge < -0.3 is 9.84 Å². The topological polar surface area (TPSA) is 29.5 Å². The fourth-order valence-corrected chi connectivity index (χ4v) is 2.11. The Hall–Kier alpha value is -1.23. The van der Waals surface area contributed by atoms with Gasteiger partial charge in [-0.2, -0.15) is 13.2 Å². The molecule has 0 fully saturated rings. The van der Waals surface area contributed by atoms with Crippen molar-refractivity contribution in [2.24, 2.45) is 0 Å². The molecule has 0 spiro atoms. The van der Waals surface area contributed by atoms with E-state index in [-0.39, 0.29) is 23.8 Å². The zero-order valence-electron chi connectivity index (χ0n) is 9.29. The summed E-state index contributed by atoms with van der Waals surface area (Å²) in [7, 11) is 0. The van der Waals surface area contributed by atoms with Crippen LogP contribution in [0.4, 0.5) is 13.2 Å². The van der Waals surface area contributed by atoms with Gasteiger partial charge in [-0.05, 0) is 19.1 Å². The molecule has 0 aliphatic carbocycles. The lowest BCUT2D eigenvalue weighted by Gasteiger charge is -2.11. The minimum Gasteiger partial charge on any atom is -0.490 e. The first-order valence-electron chi connectivity index (χ1n) is 5.41. The number of benzene rings is 1. The number of alkyl halides is 3. The summed E-state index contributed by atoms with van der Waals surface area (Å²) in [5, 5.41) is 9.22. The fraction of sp³-hybridized carbons (Fsp3) is 0.500. The minimum atomic E-state index is -4.35. The van der Waals surface area contributed by atoms with E-state index in [1.807, 2.05) is 0 Å². The van der Waals surface area contributed by atoms with Gasteiger partial charge in [0.15, 0.2) is 0 Å². The zero-order valence-corrected chi connectivity index (χ0v) is 9.29. The molecule has 0 aromatic heterocycles. The van der Waals surface area contributed by atoms with Crippen molar-refractivity contribution in [3.05, 3.63) is 29.3 Å². The van der Waals surface area contributed by atoms with Crippen LogP contribution in [-0.4, -0.2) is 17.3 Å². The molecule has 1 aliphatic heterocycles. The summed E-state index contributed by atoms with van der Waals surface area (Å²) in [5.74, 6) is 0.283. The lowest BCUT2D eigenvalue weighted by atomic mass is 10.0. The SMILES string of the molecule is CC(O)CC1Cc2c(cccc2C(F)(F)F)O1. The molecule has 0 saturated heterocycles. The number of ether oxygens (including phenoxy) is 1. The second kappa shape index (κ2) is 4.22. The summed E-state index contributed by atoms with van der Waals surface area (Å²) in [4.78, 5) is 0. The van der Waals surface area contributed by atoms with Gasteiger partial charge in [-0.15, -0.1) is 0 Å². The molecular weight excluding hydrogens is 233 g/mol. The van der Waals surface area contributed by atoms with E-state index in [2.05, 4.69) is 0 Å². The second-order valence-corrected chi connectivity index (χ2v) is 4.31. The van der Waals surface area contributed by atoms with Crippen LogP contribution in [0.3, 0.4) is 0 Å². The Bertz CT molecular complexity index is 413. The smallest absolute Gasteiger partial charge is 0.416 e. The first-order valence-corrected chi connectivity index (χ1v) is 5.41. The third-order valence-electron chi connectivity index (χ3n) is 2.77. The number of halogens is 3. The molecule has 2 rings (SSSR count). The van der Waals surface area contributed by atoms with E-state index >= 15 is 0 Å². The van der Waals surface area contributed by atoms with Crippen LogP contribution in [0.1, 0.15) is 24.5 Å². The molecule has 1 N–H and O–H groups in total. The molecule has 2 nitrogen and oxygen atoms in total. The summed E-state index contributed by atoms with van der Waals surface area (Å²) in [6.07, 6.45) is -4.76. The Balaban J connectivity index is 2.26. The van der Waals surface area contributed by atoms with Crippen molar-refractivity contribution < 1.29 is 23.0 Å². The molecule has 1 aliphatic rings. The van der Waals surface area contributed by atoms with Crippen molar-refractivity contribution in [2.75, 3.05) is 0 Å². The highest BCUT2D eigenvalue weighted by Gasteiger charge is 2.37. The third-order valence-corrected chi connectivity index (χ3v) is 2.77. The molecule has 0 amide bonds. The summed E-state index contributed by atoms with van der Waals surface area (Å²) in [6.45, 7) is 1.59. The van der Waals surface area contributed by atoms with Crippen LogP contribution in [-0.2, 0) is 12.6 Å². The minimum absolute atomic E-state index is 0.200. The summed E-state index contributed by atoms with van der Waals surface area (Å²) in [6, 6.07) is 3.94. The predicted octanol–water partition coefficient (Wildman–Crippen LogP) is 2.78. The van der Waals surface area contributed by atoms with Gasteiger partial charge in [0.2, 0.25) is 0 Å². The predicted molar refractivity (Wildman–Crippen MR) is 55.9 cm³/mol. The van der Waals surface area contributed by atoms with E-state index < -0.39 is 17.8 Å². The summed E-state index contributed by atoms with van der Waals surface area (Å²) in [5.41, 5.74) is -0.436. The maximum absolute atomic E-state index is 12.7. The van der Waals surface area contributed by atoms with Gasteiger partial charge in [-0.3, -0.25) is 0 Å². The van der Waals surface area contributed by atoms with E-state index in [1.165, 1.54) is 12.1 Å². The van der Waals surface area contributed by atoms with Crippen molar-refractivity contribution in [1.82, 2.24) is 0 Å². The van der Waals surface area contributed by atoms with Crippen molar-refractivity contribution in [1.29, 1.82) is 0 Å². The van der Waals surface area contributed by atoms with Crippen molar-refractivity contribution in [2.45, 2.75) is 38.1 Å². The van der Waals surface area contributed by atoms with E-state index in [0.29, 0.717) is 6.42 Å². The number of hydrogen-bond acceptors (Lipinski definition) is 2. The number of hydrogen-bond donors (Lipinski definition) is 1.